The second-order valence-corrected chi connectivity index (χ2v) is 6.48. The van der Waals surface area contributed by atoms with E-state index in [0.29, 0.717) is 19.4 Å². The highest BCUT2D eigenvalue weighted by molar-refractivity contribution is 5.96. The van der Waals surface area contributed by atoms with Crippen molar-refractivity contribution in [3.05, 3.63) is 60.9 Å². The predicted molar refractivity (Wildman–Crippen MR) is 111 cm³/mol. The molecule has 28 heavy (non-hydrogen) atoms. The van der Waals surface area contributed by atoms with Crippen LogP contribution in [0.3, 0.4) is 0 Å². The van der Waals surface area contributed by atoms with Crippen LogP contribution in [0.4, 0.5) is 5.69 Å². The highest BCUT2D eigenvalue weighted by Gasteiger charge is 2.42. The molecule has 3 heterocycles. The van der Waals surface area contributed by atoms with Crippen molar-refractivity contribution in [2.45, 2.75) is 24.9 Å². The molecular formula is C18H23Cl2N7O. The van der Waals surface area contributed by atoms with Crippen LogP contribution in [-0.4, -0.2) is 43.5 Å². The Kier molecular flexibility index (Phi) is 7.56. The summed E-state index contributed by atoms with van der Waals surface area (Å²) in [6.45, 7) is 2.19. The van der Waals surface area contributed by atoms with Crippen molar-refractivity contribution in [1.29, 1.82) is 0 Å². The molecule has 0 atom stereocenters. The molecule has 1 saturated heterocycles. The maximum atomic E-state index is 13.2. The molecule has 3 aromatic rings. The number of piperidine rings is 1. The summed E-state index contributed by atoms with van der Waals surface area (Å²) in [6, 6.07) is 9.67. The lowest BCUT2D eigenvalue weighted by atomic mass is 9.87. The van der Waals surface area contributed by atoms with Gasteiger partial charge in [0.2, 0.25) is 0 Å². The van der Waals surface area contributed by atoms with Crippen LogP contribution in [0.25, 0.3) is 0 Å². The summed E-state index contributed by atoms with van der Waals surface area (Å²) in [5.74, 6) is -0.0272. The van der Waals surface area contributed by atoms with Gasteiger partial charge in [-0.1, -0.05) is 12.1 Å². The van der Waals surface area contributed by atoms with Gasteiger partial charge in [-0.3, -0.25) is 9.48 Å². The summed E-state index contributed by atoms with van der Waals surface area (Å²) in [7, 11) is 0. The molecule has 2 N–H and O–H groups in total. The Morgan fingerprint density at radius 2 is 2.00 bits per heavy atom. The topological polar surface area (TPSA) is 89.7 Å². The van der Waals surface area contributed by atoms with Gasteiger partial charge in [-0.2, -0.15) is 10.2 Å². The van der Waals surface area contributed by atoms with Gasteiger partial charge in [-0.25, -0.2) is 9.67 Å². The highest BCUT2D eigenvalue weighted by Crippen LogP contribution is 2.28. The minimum absolute atomic E-state index is 0. The molecule has 1 aromatic carbocycles. The summed E-state index contributed by atoms with van der Waals surface area (Å²) in [5.41, 5.74) is 1.17. The number of hydrogen-bond donors (Lipinski definition) is 2. The van der Waals surface area contributed by atoms with E-state index in [0.717, 1.165) is 24.3 Å². The lowest BCUT2D eigenvalue weighted by molar-refractivity contribution is -0.126. The normalized spacial score (nSPS) is 15.1. The Morgan fingerprint density at radius 3 is 2.68 bits per heavy atom. The minimum atomic E-state index is -0.656. The number of hydrogen-bond acceptors (Lipinski definition) is 5. The van der Waals surface area contributed by atoms with Crippen LogP contribution < -0.4 is 10.6 Å². The Hall–Kier alpha value is -2.42. The summed E-state index contributed by atoms with van der Waals surface area (Å²) in [5, 5.41) is 14.9. The van der Waals surface area contributed by atoms with Crippen molar-refractivity contribution in [1.82, 2.24) is 29.9 Å². The van der Waals surface area contributed by atoms with Gasteiger partial charge in [0.05, 0.1) is 6.54 Å². The van der Waals surface area contributed by atoms with Crippen LogP contribution in [0.1, 0.15) is 18.4 Å². The van der Waals surface area contributed by atoms with Gasteiger partial charge >= 0.3 is 0 Å². The number of anilines is 1. The van der Waals surface area contributed by atoms with E-state index < -0.39 is 5.54 Å². The van der Waals surface area contributed by atoms with Gasteiger partial charge in [0.1, 0.15) is 18.2 Å². The van der Waals surface area contributed by atoms with Crippen LogP contribution in [0, 0.1) is 0 Å². The zero-order chi connectivity index (χ0) is 17.8. The van der Waals surface area contributed by atoms with Gasteiger partial charge in [-0.05, 0) is 49.7 Å². The molecule has 0 spiro atoms. The zero-order valence-corrected chi connectivity index (χ0v) is 16.8. The summed E-state index contributed by atoms with van der Waals surface area (Å²) in [6.07, 6.45) is 8.18. The molecule has 8 nitrogen and oxygen atoms in total. The quantitative estimate of drug-likeness (QED) is 0.655. The van der Waals surface area contributed by atoms with Gasteiger partial charge in [-0.15, -0.1) is 24.8 Å². The number of benzene rings is 1. The molecule has 4 rings (SSSR count). The van der Waals surface area contributed by atoms with Crippen LogP contribution in [0.5, 0.6) is 0 Å². The van der Waals surface area contributed by atoms with Gasteiger partial charge in [0, 0.05) is 18.1 Å². The molecule has 1 aliphatic rings. The Balaban J connectivity index is 0.00000140. The summed E-state index contributed by atoms with van der Waals surface area (Å²) >= 11 is 0. The first-order chi connectivity index (χ1) is 12.8. The predicted octanol–water partition coefficient (Wildman–Crippen LogP) is 2.08. The van der Waals surface area contributed by atoms with Crippen LogP contribution in [0.2, 0.25) is 0 Å². The van der Waals surface area contributed by atoms with Gasteiger partial charge < -0.3 is 10.6 Å². The molecule has 0 radical (unpaired) electrons. The van der Waals surface area contributed by atoms with Crippen molar-refractivity contribution in [3.63, 3.8) is 0 Å². The van der Waals surface area contributed by atoms with E-state index in [2.05, 4.69) is 25.8 Å². The Labute approximate surface area is 175 Å². The van der Waals surface area contributed by atoms with E-state index in [4.69, 9.17) is 0 Å². The molecule has 1 fully saturated rings. The largest absolute Gasteiger partial charge is 0.324 e. The molecular weight excluding hydrogens is 401 g/mol. The van der Waals surface area contributed by atoms with Crippen molar-refractivity contribution < 1.29 is 4.79 Å². The number of amides is 1. The lowest BCUT2D eigenvalue weighted by Crippen LogP contribution is -2.52. The van der Waals surface area contributed by atoms with Gasteiger partial charge in [0.15, 0.2) is 0 Å². The van der Waals surface area contributed by atoms with E-state index in [1.165, 1.54) is 6.33 Å². The first-order valence-electron chi connectivity index (χ1n) is 8.70. The van der Waals surface area contributed by atoms with Crippen molar-refractivity contribution in [3.8, 4) is 0 Å². The summed E-state index contributed by atoms with van der Waals surface area (Å²) < 4.78 is 3.54. The standard InChI is InChI=1S/C18H21N7O.2ClH/c26-17(18(5-8-19-9-6-18)25-10-2-7-21-25)23-16-4-1-3-15(11-16)12-24-14-20-13-22-24;;/h1-4,7,10-11,13-14,19H,5-6,8-9,12H2,(H,23,26);2*1H. The van der Waals surface area contributed by atoms with E-state index in [-0.39, 0.29) is 30.7 Å². The number of carbonyl (C=O) groups excluding carboxylic acids is 1. The number of carbonyl (C=O) groups is 1. The first kappa shape index (κ1) is 21.9. The molecule has 0 bridgehead atoms. The smallest absolute Gasteiger partial charge is 0.252 e. The number of aromatic nitrogens is 5. The van der Waals surface area contributed by atoms with E-state index in [1.807, 2.05) is 36.5 Å². The molecule has 1 aliphatic heterocycles. The van der Waals surface area contributed by atoms with Crippen molar-refractivity contribution in [2.24, 2.45) is 0 Å². The third-order valence-electron chi connectivity index (χ3n) is 4.79. The third kappa shape index (κ3) is 4.52. The van der Waals surface area contributed by atoms with E-state index in [1.54, 1.807) is 21.9 Å². The fourth-order valence-electron chi connectivity index (χ4n) is 3.42. The maximum Gasteiger partial charge on any atom is 0.252 e. The molecule has 150 valence electrons. The molecule has 2 aromatic heterocycles. The summed E-state index contributed by atoms with van der Waals surface area (Å²) in [4.78, 5) is 17.1. The molecule has 0 saturated carbocycles. The van der Waals surface area contributed by atoms with E-state index >= 15 is 0 Å². The fraction of sp³-hybridized carbons (Fsp3) is 0.333. The van der Waals surface area contributed by atoms with Gasteiger partial charge in [0.25, 0.3) is 5.91 Å². The van der Waals surface area contributed by atoms with Crippen LogP contribution in [-0.2, 0) is 16.9 Å². The van der Waals surface area contributed by atoms with Crippen LogP contribution >= 0.6 is 24.8 Å². The highest BCUT2D eigenvalue weighted by atomic mass is 35.5. The monoisotopic (exact) mass is 423 g/mol. The van der Waals surface area contributed by atoms with Crippen molar-refractivity contribution >= 4 is 36.4 Å². The number of nitrogens with one attached hydrogen (secondary N) is 2. The fourth-order valence-corrected chi connectivity index (χ4v) is 3.42. The average Bonchev–Trinajstić information content (AvgIpc) is 3.37. The zero-order valence-electron chi connectivity index (χ0n) is 15.2. The first-order valence-corrected chi connectivity index (χ1v) is 8.70. The molecule has 1 amide bonds. The number of nitrogens with zero attached hydrogens (tertiary/aromatic N) is 5. The molecule has 10 heteroatoms. The minimum Gasteiger partial charge on any atom is -0.324 e. The SMILES string of the molecule is Cl.Cl.O=C(Nc1cccc(Cn2cncn2)c1)C1(n2cccn2)CCNCC1. The molecule has 0 unspecified atom stereocenters. The third-order valence-corrected chi connectivity index (χ3v) is 4.79. The second-order valence-electron chi connectivity index (χ2n) is 6.48. The van der Waals surface area contributed by atoms with E-state index in [9.17, 15) is 4.79 Å². The van der Waals surface area contributed by atoms with Crippen LogP contribution in [0.15, 0.2) is 55.4 Å². The lowest BCUT2D eigenvalue weighted by Gasteiger charge is -2.36. The second kappa shape index (κ2) is 9.68. The number of rotatable bonds is 5. The Bertz CT molecular complexity index is 862. The average molecular weight is 424 g/mol. The number of halogens is 2. The molecule has 0 aliphatic carbocycles. The Morgan fingerprint density at radius 1 is 1.18 bits per heavy atom. The maximum absolute atomic E-state index is 13.2. The van der Waals surface area contributed by atoms with Crippen molar-refractivity contribution in [2.75, 3.05) is 18.4 Å².